The summed E-state index contributed by atoms with van der Waals surface area (Å²) < 4.78 is 16.8. The minimum atomic E-state index is -5.45. The van der Waals surface area contributed by atoms with Gasteiger partial charge in [0.05, 0.1) is 13.9 Å². The molecule has 4 saturated carbocycles. The summed E-state index contributed by atoms with van der Waals surface area (Å²) in [6.07, 6.45) is 5.39. The van der Waals surface area contributed by atoms with Crippen LogP contribution in [-0.2, 0) is 13.9 Å². The molecule has 0 spiro atoms. The number of rotatable bonds is 6. The Morgan fingerprint density at radius 3 is 2.22 bits per heavy atom. The molecule has 4 aliphatic carbocycles. The smallest absolute Gasteiger partial charge is 0.790 e. The molecule has 4 unspecified atom stereocenters. The van der Waals surface area contributed by atoms with Gasteiger partial charge in [-0.1, -0.05) is 20.8 Å². The molecule has 2 N–H and O–H groups in total. The van der Waals surface area contributed by atoms with E-state index in [9.17, 15) is 34.5 Å². The number of carboxylic acids is 1. The summed E-state index contributed by atoms with van der Waals surface area (Å²) in [7, 11) is -5.45. The molecular weight excluding hydrogens is 516 g/mol. The Morgan fingerprint density at radius 1 is 1.06 bits per heavy atom. The van der Waals surface area contributed by atoms with E-state index in [1.807, 2.05) is 0 Å². The van der Waals surface area contributed by atoms with Crippen LogP contribution in [0.15, 0.2) is 0 Å². The monoisotopic (exact) mass is 554 g/mol. The minimum absolute atomic E-state index is 0. The molecule has 12 heteroatoms. The summed E-state index contributed by atoms with van der Waals surface area (Å²) in [6, 6.07) is 0. The van der Waals surface area contributed by atoms with Gasteiger partial charge in [-0.3, -0.25) is 0 Å². The second kappa shape index (κ2) is 13.2. The van der Waals surface area contributed by atoms with E-state index in [-0.39, 0.29) is 142 Å². The van der Waals surface area contributed by atoms with Gasteiger partial charge in [0.15, 0.2) is 5.79 Å². The summed E-state index contributed by atoms with van der Waals surface area (Å²) in [5.74, 6) is -3.35. The second-order valence-corrected chi connectivity index (χ2v) is 13.2. The van der Waals surface area contributed by atoms with Gasteiger partial charge in [0, 0.05) is 18.3 Å². The van der Waals surface area contributed by atoms with Gasteiger partial charge in [0.1, 0.15) is 0 Å². The minimum Gasteiger partial charge on any atom is -0.790 e. The van der Waals surface area contributed by atoms with Crippen molar-refractivity contribution in [3.8, 4) is 0 Å². The number of carbonyl (C=O) groups excluding carboxylic acids is 1. The van der Waals surface area contributed by atoms with Crippen LogP contribution in [0.3, 0.4) is 0 Å². The first kappa shape index (κ1) is 36.5. The molecule has 0 aromatic carbocycles. The SMILES string of the molecule is C[C@H](CCC(=O)[O-])[C@H]1CCC2C3C(CC[C@@]21C)[C@@]1(C)CC[C@H](O)CC1C[C@@]3(O)OP(=O)([O-])[O-].[Na+].[Na+].[Na+]. The number of phosphoric acid groups is 1. The third-order valence-corrected chi connectivity index (χ3v) is 11.1. The molecule has 0 radical (unpaired) electrons. The summed E-state index contributed by atoms with van der Waals surface area (Å²) >= 11 is 0. The van der Waals surface area contributed by atoms with Gasteiger partial charge in [-0.2, -0.15) is 0 Å². The molecule has 0 aromatic rings. The summed E-state index contributed by atoms with van der Waals surface area (Å²) in [5, 5.41) is 33.0. The number of hydrogen-bond donors (Lipinski definition) is 2. The Hall–Kier alpha value is 2.50. The summed E-state index contributed by atoms with van der Waals surface area (Å²) in [5.41, 5.74) is -0.355. The zero-order valence-corrected chi connectivity index (χ0v) is 29.8. The molecule has 4 rings (SSSR count). The zero-order valence-electron chi connectivity index (χ0n) is 22.9. The quantitative estimate of drug-likeness (QED) is 0.187. The van der Waals surface area contributed by atoms with E-state index in [2.05, 4.69) is 20.8 Å². The predicted octanol–water partition coefficient (Wildman–Crippen LogP) is -7.67. The molecule has 0 saturated heterocycles. The first-order valence-electron chi connectivity index (χ1n) is 12.5. The van der Waals surface area contributed by atoms with Crippen molar-refractivity contribution in [1.29, 1.82) is 0 Å². The Labute approximate surface area is 281 Å². The maximum atomic E-state index is 11.8. The molecule has 0 bridgehead atoms. The first-order valence-corrected chi connectivity index (χ1v) is 14.0. The van der Waals surface area contributed by atoms with Crippen molar-refractivity contribution in [2.24, 2.45) is 46.3 Å². The second-order valence-electron chi connectivity index (χ2n) is 12.1. The average Bonchev–Trinajstić information content (AvgIpc) is 3.03. The van der Waals surface area contributed by atoms with E-state index >= 15 is 0 Å². The molecule has 36 heavy (non-hydrogen) atoms. The number of carbonyl (C=O) groups is 1. The molecule has 190 valence electrons. The molecule has 0 amide bonds. The molecular formula is C24H38Na3O8P. The van der Waals surface area contributed by atoms with Crippen LogP contribution in [0.4, 0.5) is 0 Å². The zero-order chi connectivity index (χ0) is 24.4. The first-order chi connectivity index (χ1) is 15.2. The Kier molecular flexibility index (Phi) is 13.4. The molecule has 10 atom stereocenters. The van der Waals surface area contributed by atoms with Gasteiger partial charge in [-0.05, 0) is 98.2 Å². The molecule has 8 nitrogen and oxygen atoms in total. The van der Waals surface area contributed by atoms with Crippen molar-refractivity contribution in [3.05, 3.63) is 0 Å². The number of phosphoric ester groups is 1. The van der Waals surface area contributed by atoms with Crippen LogP contribution < -0.4 is 104 Å². The van der Waals surface area contributed by atoms with Gasteiger partial charge in [-0.15, -0.1) is 0 Å². The number of fused-ring (bicyclic) bond motifs is 5. The Morgan fingerprint density at radius 2 is 1.64 bits per heavy atom. The Balaban J connectivity index is 0.00000216. The summed E-state index contributed by atoms with van der Waals surface area (Å²) in [4.78, 5) is 34.5. The van der Waals surface area contributed by atoms with Crippen LogP contribution in [0, 0.1) is 46.3 Å². The average molecular weight is 555 g/mol. The van der Waals surface area contributed by atoms with E-state index < -0.39 is 31.6 Å². The van der Waals surface area contributed by atoms with E-state index in [0.717, 1.165) is 32.1 Å². The van der Waals surface area contributed by atoms with Crippen LogP contribution in [0.2, 0.25) is 0 Å². The number of aliphatic hydroxyl groups excluding tert-OH is 1. The number of aliphatic hydroxyl groups is 2. The van der Waals surface area contributed by atoms with Crippen molar-refractivity contribution in [2.75, 3.05) is 0 Å². The predicted molar refractivity (Wildman–Crippen MR) is 114 cm³/mol. The Bertz CT molecular complexity index is 829. The molecule has 4 aliphatic rings. The van der Waals surface area contributed by atoms with Crippen molar-refractivity contribution in [3.63, 3.8) is 0 Å². The molecule has 0 aliphatic heterocycles. The third-order valence-electron chi connectivity index (χ3n) is 10.5. The fourth-order valence-corrected chi connectivity index (χ4v) is 9.60. The normalized spacial score (nSPS) is 44.4. The van der Waals surface area contributed by atoms with Crippen LogP contribution in [0.1, 0.15) is 85.0 Å². The van der Waals surface area contributed by atoms with Crippen molar-refractivity contribution in [2.45, 2.75) is 96.9 Å². The maximum Gasteiger partial charge on any atom is 1.00 e. The van der Waals surface area contributed by atoms with Crippen molar-refractivity contribution < 1.29 is 128 Å². The van der Waals surface area contributed by atoms with Gasteiger partial charge in [0.25, 0.3) is 0 Å². The van der Waals surface area contributed by atoms with Crippen molar-refractivity contribution >= 4 is 13.8 Å². The maximum absolute atomic E-state index is 11.8. The van der Waals surface area contributed by atoms with Crippen LogP contribution in [-0.4, -0.2) is 28.1 Å². The van der Waals surface area contributed by atoms with Crippen molar-refractivity contribution in [1.82, 2.24) is 0 Å². The van der Waals surface area contributed by atoms with Crippen LogP contribution >= 0.6 is 7.82 Å². The fourth-order valence-electron chi connectivity index (χ4n) is 9.01. The molecule has 0 heterocycles. The number of carboxylic acid groups (broad SMARTS) is 1. The fraction of sp³-hybridized carbons (Fsp3) is 0.958. The van der Waals surface area contributed by atoms with Gasteiger partial charge in [0.2, 0.25) is 0 Å². The standard InChI is InChI=1S/C24H41O8P.3Na/c1-14(4-7-20(26)27)17-5-6-18-21-19(9-11-23(17,18)3)22(2)10-8-16(25)12-15(22)13-24(21,28)32-33(29,30)31;;;/h14-19,21,25,28H,4-13H2,1-3H3,(H,26,27)(H2,29,30,31);;;/q;3*+1/p-3/t14-,15?,16+,17-,18?,19?,21?,22+,23-,24-;;;/m1.../s1. The number of hydrogen-bond acceptors (Lipinski definition) is 8. The largest absolute Gasteiger partial charge is 1.00 e. The van der Waals surface area contributed by atoms with E-state index in [4.69, 9.17) is 4.52 Å². The van der Waals surface area contributed by atoms with Crippen LogP contribution in [0.5, 0.6) is 0 Å². The molecule has 0 aromatic heterocycles. The van der Waals surface area contributed by atoms with Gasteiger partial charge < -0.3 is 39.0 Å². The van der Waals surface area contributed by atoms with Crippen LogP contribution in [0.25, 0.3) is 0 Å². The molecule has 4 fully saturated rings. The van der Waals surface area contributed by atoms with E-state index in [1.165, 1.54) is 0 Å². The van der Waals surface area contributed by atoms with E-state index in [1.54, 1.807) is 0 Å². The van der Waals surface area contributed by atoms with Gasteiger partial charge >= 0.3 is 88.7 Å². The summed E-state index contributed by atoms with van der Waals surface area (Å²) in [6.45, 7) is 6.46. The number of aliphatic carboxylic acids is 1. The van der Waals surface area contributed by atoms with E-state index in [0.29, 0.717) is 19.3 Å². The van der Waals surface area contributed by atoms with Gasteiger partial charge in [-0.25, -0.2) is 0 Å². The third kappa shape index (κ3) is 6.93. The topological polar surface area (TPSA) is 153 Å².